The van der Waals surface area contributed by atoms with E-state index in [0.717, 1.165) is 27.8 Å². The number of nitrogens with zero attached hydrogens (tertiary/aromatic N) is 1. The molecule has 0 saturated carbocycles. The summed E-state index contributed by atoms with van der Waals surface area (Å²) in [6.45, 7) is 2.04. The molecule has 2 aromatic carbocycles. The van der Waals surface area contributed by atoms with E-state index in [-0.39, 0.29) is 11.8 Å². The maximum atomic E-state index is 9.67. The molecule has 4 heteroatoms. The molecular weight excluding hydrogens is 262 g/mol. The summed E-state index contributed by atoms with van der Waals surface area (Å²) < 4.78 is 0. The zero-order valence-corrected chi connectivity index (χ0v) is 11.7. The Kier molecular flexibility index (Phi) is 3.36. The molecule has 0 aliphatic heterocycles. The highest BCUT2D eigenvalue weighted by Crippen LogP contribution is 2.29. The molecule has 3 aromatic rings. The molecule has 3 rings (SSSR count). The molecule has 0 radical (unpaired) electrons. The van der Waals surface area contributed by atoms with Crippen molar-refractivity contribution < 1.29 is 5.11 Å². The fraction of sp³-hybridized carbons (Fsp3) is 0.118. The van der Waals surface area contributed by atoms with Crippen molar-refractivity contribution in [3.05, 3.63) is 60.3 Å². The number of benzene rings is 2. The summed E-state index contributed by atoms with van der Waals surface area (Å²) in [6.07, 6.45) is 1.75. The van der Waals surface area contributed by atoms with Gasteiger partial charge in [0.05, 0.1) is 6.04 Å². The molecule has 4 nitrogen and oxygen atoms in total. The Morgan fingerprint density at radius 3 is 2.76 bits per heavy atom. The van der Waals surface area contributed by atoms with E-state index >= 15 is 0 Å². The maximum absolute atomic E-state index is 9.67. The van der Waals surface area contributed by atoms with Gasteiger partial charge in [0.1, 0.15) is 11.6 Å². The Bertz CT molecular complexity index is 786. The minimum absolute atomic E-state index is 0.0200. The largest absolute Gasteiger partial charge is 0.508 e. The quantitative estimate of drug-likeness (QED) is 0.639. The summed E-state index contributed by atoms with van der Waals surface area (Å²) >= 11 is 0. The number of nitrogens with one attached hydrogen (secondary N) is 1. The van der Waals surface area contributed by atoms with Gasteiger partial charge in [0.15, 0.2) is 0 Å². The lowest BCUT2D eigenvalue weighted by Gasteiger charge is -2.18. The molecule has 4 N–H and O–H groups in total. The Hall–Kier alpha value is -2.75. The van der Waals surface area contributed by atoms with Gasteiger partial charge in [-0.3, -0.25) is 0 Å². The van der Waals surface area contributed by atoms with Crippen LogP contribution < -0.4 is 11.1 Å². The van der Waals surface area contributed by atoms with E-state index in [4.69, 9.17) is 5.73 Å². The lowest BCUT2D eigenvalue weighted by atomic mass is 10.1. The van der Waals surface area contributed by atoms with E-state index in [1.807, 2.05) is 43.3 Å². The molecule has 0 aliphatic rings. The van der Waals surface area contributed by atoms with Crippen molar-refractivity contribution in [3.63, 3.8) is 0 Å². The Balaban J connectivity index is 1.98. The fourth-order valence-corrected chi connectivity index (χ4v) is 2.46. The number of rotatable bonds is 3. The molecule has 106 valence electrons. The normalized spacial score (nSPS) is 12.2. The number of anilines is 2. The Labute approximate surface area is 123 Å². The van der Waals surface area contributed by atoms with Crippen molar-refractivity contribution in [3.8, 4) is 5.75 Å². The molecule has 1 heterocycles. The average Bonchev–Trinajstić information content (AvgIpc) is 2.48. The number of hydrogen-bond donors (Lipinski definition) is 3. The lowest BCUT2D eigenvalue weighted by molar-refractivity contribution is 0.476. The van der Waals surface area contributed by atoms with Crippen LogP contribution >= 0.6 is 0 Å². The highest BCUT2D eigenvalue weighted by atomic mass is 16.3. The van der Waals surface area contributed by atoms with Gasteiger partial charge in [-0.2, -0.15) is 0 Å². The van der Waals surface area contributed by atoms with Crippen LogP contribution in [0.3, 0.4) is 0 Å². The van der Waals surface area contributed by atoms with Crippen LogP contribution in [-0.2, 0) is 0 Å². The third kappa shape index (κ3) is 2.60. The van der Waals surface area contributed by atoms with Crippen LogP contribution in [0.5, 0.6) is 5.75 Å². The number of nitrogen functional groups attached to an aromatic ring is 1. The minimum atomic E-state index is 0.0200. The van der Waals surface area contributed by atoms with E-state index < -0.39 is 0 Å². The first-order chi connectivity index (χ1) is 10.1. The monoisotopic (exact) mass is 279 g/mol. The topological polar surface area (TPSA) is 71.2 Å². The van der Waals surface area contributed by atoms with E-state index in [2.05, 4.69) is 10.3 Å². The van der Waals surface area contributed by atoms with E-state index in [0.29, 0.717) is 0 Å². The standard InChI is InChI=1S/C17H17N3O/c1-11(14-4-2-3-5-16(14)18)20-17-15-10-13(21)7-6-12(15)8-9-19-17/h2-11,21H,18H2,1H3,(H,19,20). The van der Waals surface area contributed by atoms with Crippen LogP contribution in [0, 0.1) is 0 Å². The van der Waals surface area contributed by atoms with Gasteiger partial charge in [-0.15, -0.1) is 0 Å². The van der Waals surface area contributed by atoms with Crippen LogP contribution in [-0.4, -0.2) is 10.1 Å². The maximum Gasteiger partial charge on any atom is 0.134 e. The van der Waals surface area contributed by atoms with Gasteiger partial charge in [-0.1, -0.05) is 24.3 Å². The van der Waals surface area contributed by atoms with Gasteiger partial charge in [0.2, 0.25) is 0 Å². The van der Waals surface area contributed by atoms with Crippen LogP contribution in [0.4, 0.5) is 11.5 Å². The summed E-state index contributed by atoms with van der Waals surface area (Å²) in [5.74, 6) is 0.963. The molecule has 0 amide bonds. The van der Waals surface area contributed by atoms with E-state index in [9.17, 15) is 5.11 Å². The number of fused-ring (bicyclic) bond motifs is 1. The van der Waals surface area contributed by atoms with Gasteiger partial charge in [-0.05, 0) is 42.1 Å². The number of aromatic hydroxyl groups is 1. The molecule has 1 atom stereocenters. The number of pyridine rings is 1. The molecule has 0 bridgehead atoms. The van der Waals surface area contributed by atoms with E-state index in [1.165, 1.54) is 0 Å². The average molecular weight is 279 g/mol. The zero-order valence-electron chi connectivity index (χ0n) is 11.7. The lowest BCUT2D eigenvalue weighted by Crippen LogP contribution is -2.10. The van der Waals surface area contributed by atoms with Crippen molar-refractivity contribution in [2.24, 2.45) is 0 Å². The number of nitrogens with two attached hydrogens (primary N) is 1. The van der Waals surface area contributed by atoms with Gasteiger partial charge in [0.25, 0.3) is 0 Å². The van der Waals surface area contributed by atoms with Gasteiger partial charge >= 0.3 is 0 Å². The third-order valence-electron chi connectivity index (χ3n) is 3.57. The van der Waals surface area contributed by atoms with E-state index in [1.54, 1.807) is 18.3 Å². The molecule has 0 aliphatic carbocycles. The Morgan fingerprint density at radius 1 is 1.14 bits per heavy atom. The molecule has 1 unspecified atom stereocenters. The molecule has 0 spiro atoms. The molecule has 1 aromatic heterocycles. The first-order valence-corrected chi connectivity index (χ1v) is 6.84. The third-order valence-corrected chi connectivity index (χ3v) is 3.57. The molecule has 0 fully saturated rings. The SMILES string of the molecule is CC(Nc1nccc2ccc(O)cc12)c1ccccc1N. The molecule has 21 heavy (non-hydrogen) atoms. The highest BCUT2D eigenvalue weighted by molar-refractivity contribution is 5.92. The zero-order chi connectivity index (χ0) is 14.8. The minimum Gasteiger partial charge on any atom is -0.508 e. The molecule has 0 saturated heterocycles. The predicted octanol–water partition coefficient (Wildman–Crippen LogP) is 3.70. The number of aromatic nitrogens is 1. The van der Waals surface area contributed by atoms with Crippen LogP contribution in [0.2, 0.25) is 0 Å². The van der Waals surface area contributed by atoms with Gasteiger partial charge < -0.3 is 16.2 Å². The second-order valence-corrected chi connectivity index (χ2v) is 5.06. The van der Waals surface area contributed by atoms with Crippen molar-refractivity contribution in [2.75, 3.05) is 11.1 Å². The summed E-state index contributed by atoms with van der Waals surface area (Å²) in [7, 11) is 0. The second kappa shape index (κ2) is 5.32. The van der Waals surface area contributed by atoms with Crippen LogP contribution in [0.25, 0.3) is 10.8 Å². The fourth-order valence-electron chi connectivity index (χ4n) is 2.46. The van der Waals surface area contributed by atoms with Crippen molar-refractivity contribution in [2.45, 2.75) is 13.0 Å². The smallest absolute Gasteiger partial charge is 0.134 e. The number of phenolic OH excluding ortho intramolecular Hbond substituents is 1. The summed E-state index contributed by atoms with van der Waals surface area (Å²) in [4.78, 5) is 4.38. The highest BCUT2D eigenvalue weighted by Gasteiger charge is 2.11. The predicted molar refractivity (Wildman–Crippen MR) is 86.3 cm³/mol. The summed E-state index contributed by atoms with van der Waals surface area (Å²) in [6, 6.07) is 15.0. The van der Waals surface area contributed by atoms with Crippen molar-refractivity contribution in [1.29, 1.82) is 0 Å². The van der Waals surface area contributed by atoms with Crippen LogP contribution in [0.15, 0.2) is 54.7 Å². The summed E-state index contributed by atoms with van der Waals surface area (Å²) in [5.41, 5.74) is 7.79. The molecular formula is C17H17N3O. The van der Waals surface area contributed by atoms with Crippen LogP contribution in [0.1, 0.15) is 18.5 Å². The number of phenols is 1. The first kappa shape index (κ1) is 13.2. The summed E-state index contributed by atoms with van der Waals surface area (Å²) in [5, 5.41) is 15.0. The number of para-hydroxylation sites is 1. The second-order valence-electron chi connectivity index (χ2n) is 5.06. The Morgan fingerprint density at radius 2 is 1.95 bits per heavy atom. The van der Waals surface area contributed by atoms with Crippen molar-refractivity contribution in [1.82, 2.24) is 4.98 Å². The van der Waals surface area contributed by atoms with Crippen molar-refractivity contribution >= 4 is 22.3 Å². The first-order valence-electron chi connectivity index (χ1n) is 6.84. The van der Waals surface area contributed by atoms with Gasteiger partial charge in [-0.25, -0.2) is 4.98 Å². The number of hydrogen-bond acceptors (Lipinski definition) is 4. The van der Waals surface area contributed by atoms with Gasteiger partial charge in [0, 0.05) is 17.3 Å².